The van der Waals surface area contributed by atoms with E-state index in [1.165, 1.54) is 32.6 Å². The van der Waals surface area contributed by atoms with Crippen LogP contribution in [0.5, 0.6) is 11.5 Å². The number of aliphatic hydroxyl groups is 1. The molecule has 0 fully saturated rings. The van der Waals surface area contributed by atoms with E-state index < -0.39 is 27.5 Å². The van der Waals surface area contributed by atoms with Crippen LogP contribution in [0.15, 0.2) is 49.1 Å². The lowest BCUT2D eigenvalue weighted by Crippen LogP contribution is -2.35. The average molecular weight is 584 g/mol. The summed E-state index contributed by atoms with van der Waals surface area (Å²) in [7, 11) is -1.23. The highest BCUT2D eigenvalue weighted by atomic mass is 32.2. The van der Waals surface area contributed by atoms with Crippen molar-refractivity contribution in [2.24, 2.45) is 0 Å². The molecule has 0 radical (unpaired) electrons. The Morgan fingerprint density at radius 1 is 0.976 bits per heavy atom. The van der Waals surface area contributed by atoms with Gasteiger partial charge >= 0.3 is 0 Å². The summed E-state index contributed by atoms with van der Waals surface area (Å²) in [6, 6.07) is 7.03. The zero-order chi connectivity index (χ0) is 29.7. The van der Waals surface area contributed by atoms with E-state index in [2.05, 4.69) is 29.9 Å². The Kier molecular flexibility index (Phi) is 9.15. The van der Waals surface area contributed by atoms with Gasteiger partial charge in [-0.25, -0.2) is 18.4 Å². The van der Waals surface area contributed by atoms with Crippen molar-refractivity contribution in [2.45, 2.75) is 45.2 Å². The molecule has 3 aromatic heterocycles. The van der Waals surface area contributed by atoms with Gasteiger partial charge in [0.1, 0.15) is 28.5 Å². The van der Waals surface area contributed by atoms with Gasteiger partial charge in [0.15, 0.2) is 11.6 Å². The quantitative estimate of drug-likeness (QED) is 0.252. The summed E-state index contributed by atoms with van der Waals surface area (Å²) in [5.74, 6) is 1.14. The van der Waals surface area contributed by atoms with Crippen LogP contribution in [-0.2, 0) is 14.8 Å². The maximum atomic E-state index is 13.9. The highest BCUT2D eigenvalue weighted by Gasteiger charge is 2.36. The topological polar surface area (TPSA) is 163 Å². The maximum absolute atomic E-state index is 13.9. The minimum absolute atomic E-state index is 0.116. The van der Waals surface area contributed by atoms with E-state index in [0.717, 1.165) is 11.1 Å². The Morgan fingerprint density at radius 3 is 2.22 bits per heavy atom. The highest BCUT2D eigenvalue weighted by Crippen LogP contribution is 2.38. The number of methoxy groups -OCH3 is 2. The molecule has 0 amide bonds. The molecule has 41 heavy (non-hydrogen) atoms. The average Bonchev–Trinajstić information content (AvgIpc) is 3.35. The third-order valence-corrected chi connectivity index (χ3v) is 7.84. The predicted molar refractivity (Wildman–Crippen MR) is 152 cm³/mol. The van der Waals surface area contributed by atoms with Gasteiger partial charge in [-0.3, -0.25) is 14.3 Å². The minimum atomic E-state index is -4.22. The first-order valence-electron chi connectivity index (χ1n) is 12.7. The Bertz CT molecular complexity index is 1570. The number of nitrogens with one attached hydrogen (secondary N) is 1. The molecule has 13 nitrogen and oxygen atoms in total. The van der Waals surface area contributed by atoms with Gasteiger partial charge < -0.3 is 19.3 Å². The van der Waals surface area contributed by atoms with Crippen LogP contribution in [0.2, 0.25) is 0 Å². The van der Waals surface area contributed by atoms with Gasteiger partial charge in [0, 0.05) is 30.4 Å². The van der Waals surface area contributed by atoms with Crippen molar-refractivity contribution in [3.05, 3.63) is 66.0 Å². The first kappa shape index (κ1) is 29.8. The number of rotatable bonds is 12. The molecular formula is C27H33N7O6S. The SMILES string of the molecule is COc1cccc(OC)c1-n1c(NS(=O)(=O)[C@@H](C)[C@@H](OC[C@H](C)O)c2ncc(C)cn2)nnc1-c1cncc(C)c1. The van der Waals surface area contributed by atoms with E-state index in [-0.39, 0.29) is 18.4 Å². The lowest BCUT2D eigenvalue weighted by Gasteiger charge is -2.24. The van der Waals surface area contributed by atoms with Crippen molar-refractivity contribution in [3.8, 4) is 28.6 Å². The molecule has 4 rings (SSSR count). The van der Waals surface area contributed by atoms with Crippen molar-refractivity contribution in [3.63, 3.8) is 0 Å². The van der Waals surface area contributed by atoms with Gasteiger partial charge in [-0.1, -0.05) is 6.07 Å². The molecule has 218 valence electrons. The number of hydrogen-bond donors (Lipinski definition) is 2. The van der Waals surface area contributed by atoms with Gasteiger partial charge in [-0.05, 0) is 57.0 Å². The monoisotopic (exact) mass is 583 g/mol. The molecular weight excluding hydrogens is 550 g/mol. The van der Waals surface area contributed by atoms with E-state index in [4.69, 9.17) is 14.2 Å². The van der Waals surface area contributed by atoms with Gasteiger partial charge in [0.2, 0.25) is 16.0 Å². The second-order valence-electron chi connectivity index (χ2n) is 9.52. The van der Waals surface area contributed by atoms with Crippen molar-refractivity contribution in [1.82, 2.24) is 29.7 Å². The second-order valence-corrected chi connectivity index (χ2v) is 11.6. The van der Waals surface area contributed by atoms with E-state index in [9.17, 15) is 13.5 Å². The Balaban J connectivity index is 1.83. The molecule has 3 atom stereocenters. The van der Waals surface area contributed by atoms with Crippen molar-refractivity contribution in [2.75, 3.05) is 25.5 Å². The van der Waals surface area contributed by atoms with Crippen molar-refractivity contribution >= 4 is 16.0 Å². The first-order chi connectivity index (χ1) is 19.6. The van der Waals surface area contributed by atoms with Crippen molar-refractivity contribution in [1.29, 1.82) is 0 Å². The lowest BCUT2D eigenvalue weighted by atomic mass is 10.2. The number of aromatic nitrogens is 6. The Hall–Kier alpha value is -4.14. The summed E-state index contributed by atoms with van der Waals surface area (Å²) in [5, 5.41) is 17.1. The molecule has 0 spiro atoms. The first-order valence-corrected chi connectivity index (χ1v) is 14.3. The zero-order valence-corrected chi connectivity index (χ0v) is 24.5. The fourth-order valence-corrected chi connectivity index (χ4v) is 5.17. The fraction of sp³-hybridized carbons (Fsp3) is 0.370. The number of anilines is 1. The molecule has 1 aromatic carbocycles. The largest absolute Gasteiger partial charge is 0.494 e. The maximum Gasteiger partial charge on any atom is 0.243 e. The van der Waals surface area contributed by atoms with Crippen LogP contribution in [-0.4, -0.2) is 75.4 Å². The summed E-state index contributed by atoms with van der Waals surface area (Å²) >= 11 is 0. The standard InChI is InChI=1S/C27H33N7O6S/c1-16-10-20(14-28-11-16)26-31-32-27(34(26)23-21(38-5)8-7-9-22(23)39-6)33-41(36,37)19(4)24(40-15-18(3)35)25-29-12-17(2)13-30-25/h7-14,18-19,24,35H,15H2,1-6H3,(H,32,33)/t18-,19-,24+/m0/s1. The van der Waals surface area contributed by atoms with E-state index in [1.807, 2.05) is 19.9 Å². The minimum Gasteiger partial charge on any atom is -0.494 e. The number of aryl methyl sites for hydroxylation is 2. The number of pyridine rings is 1. The van der Waals surface area contributed by atoms with Gasteiger partial charge in [-0.2, -0.15) is 0 Å². The number of nitrogens with zero attached hydrogens (tertiary/aromatic N) is 6. The predicted octanol–water partition coefficient (Wildman–Crippen LogP) is 3.02. The summed E-state index contributed by atoms with van der Waals surface area (Å²) in [6.45, 7) is 6.58. The molecule has 0 aliphatic rings. The Labute approximate surface area is 238 Å². The van der Waals surface area contributed by atoms with Crippen LogP contribution in [0.25, 0.3) is 17.1 Å². The molecule has 2 N–H and O–H groups in total. The van der Waals surface area contributed by atoms with Crippen molar-refractivity contribution < 1.29 is 27.7 Å². The molecule has 0 unspecified atom stereocenters. The van der Waals surface area contributed by atoms with Crippen LogP contribution in [0.4, 0.5) is 5.95 Å². The molecule has 0 bridgehead atoms. The van der Waals surface area contributed by atoms with Gasteiger partial charge in [-0.15, -0.1) is 10.2 Å². The molecule has 3 heterocycles. The normalized spacial score (nSPS) is 13.8. The molecule has 0 saturated carbocycles. The Morgan fingerprint density at radius 2 is 1.63 bits per heavy atom. The van der Waals surface area contributed by atoms with Gasteiger partial charge in [0.25, 0.3) is 0 Å². The van der Waals surface area contributed by atoms with Crippen LogP contribution in [0.3, 0.4) is 0 Å². The van der Waals surface area contributed by atoms with E-state index in [1.54, 1.807) is 43.0 Å². The second kappa shape index (κ2) is 12.6. The third kappa shape index (κ3) is 6.61. The number of hydrogen-bond acceptors (Lipinski definition) is 11. The van der Waals surface area contributed by atoms with Crippen LogP contribution in [0, 0.1) is 13.8 Å². The number of aliphatic hydroxyl groups excluding tert-OH is 1. The lowest BCUT2D eigenvalue weighted by molar-refractivity contribution is -0.00765. The van der Waals surface area contributed by atoms with Gasteiger partial charge in [0.05, 0.1) is 26.9 Å². The van der Waals surface area contributed by atoms with E-state index >= 15 is 0 Å². The highest BCUT2D eigenvalue weighted by molar-refractivity contribution is 7.93. The molecule has 0 saturated heterocycles. The van der Waals surface area contributed by atoms with Crippen LogP contribution >= 0.6 is 0 Å². The summed E-state index contributed by atoms with van der Waals surface area (Å²) < 4.78 is 48.8. The summed E-state index contributed by atoms with van der Waals surface area (Å²) in [6.07, 6.45) is 4.50. The number of ether oxygens (including phenoxy) is 3. The van der Waals surface area contributed by atoms with Crippen LogP contribution < -0.4 is 14.2 Å². The molecule has 0 aliphatic heterocycles. The number of para-hydroxylation sites is 1. The number of benzene rings is 1. The molecule has 0 aliphatic carbocycles. The van der Waals surface area contributed by atoms with E-state index in [0.29, 0.717) is 28.6 Å². The molecule has 14 heteroatoms. The smallest absolute Gasteiger partial charge is 0.243 e. The molecule has 4 aromatic rings. The summed E-state index contributed by atoms with van der Waals surface area (Å²) in [4.78, 5) is 12.8. The summed E-state index contributed by atoms with van der Waals surface area (Å²) in [5.41, 5.74) is 2.65. The number of sulfonamides is 1. The third-order valence-electron chi connectivity index (χ3n) is 6.14. The zero-order valence-electron chi connectivity index (χ0n) is 23.6. The van der Waals surface area contributed by atoms with Crippen LogP contribution in [0.1, 0.15) is 36.9 Å². The fourth-order valence-electron chi connectivity index (χ4n) is 4.07.